The maximum Gasteiger partial charge on any atom is 0.160 e. The van der Waals surface area contributed by atoms with E-state index < -0.39 is 5.41 Å². The molecule has 1 aliphatic heterocycles. The smallest absolute Gasteiger partial charge is 0.160 e. The molecule has 0 saturated heterocycles. The number of ether oxygens (including phenoxy) is 1. The van der Waals surface area contributed by atoms with Gasteiger partial charge >= 0.3 is 0 Å². The van der Waals surface area contributed by atoms with E-state index >= 15 is 0 Å². The molecule has 8 aromatic carbocycles. The molecule has 11 aromatic rings. The molecule has 4 heterocycles. The first kappa shape index (κ1) is 35.4. The number of furan rings is 1. The van der Waals surface area contributed by atoms with Crippen molar-refractivity contribution >= 4 is 21.9 Å². The van der Waals surface area contributed by atoms with Gasteiger partial charge in [0, 0.05) is 51.0 Å². The summed E-state index contributed by atoms with van der Waals surface area (Å²) in [6.45, 7) is 0. The minimum Gasteiger partial charge on any atom is -0.457 e. The third-order valence-electron chi connectivity index (χ3n) is 12.9. The lowest BCUT2D eigenvalue weighted by Crippen LogP contribution is -2.34. The second kappa shape index (κ2) is 13.8. The Morgan fingerprint density at radius 1 is 0.365 bits per heavy atom. The molecule has 0 fully saturated rings. The highest BCUT2D eigenvalue weighted by Crippen LogP contribution is 2.61. The molecule has 5 nitrogen and oxygen atoms in total. The van der Waals surface area contributed by atoms with Gasteiger partial charge in [-0.1, -0.05) is 158 Å². The Balaban J connectivity index is 1.11. The van der Waals surface area contributed by atoms with Crippen molar-refractivity contribution in [2.24, 2.45) is 0 Å². The first-order valence-corrected chi connectivity index (χ1v) is 21.2. The molecule has 5 heteroatoms. The molecule has 63 heavy (non-hydrogen) atoms. The van der Waals surface area contributed by atoms with Gasteiger partial charge in [-0.25, -0.2) is 9.97 Å². The van der Waals surface area contributed by atoms with Crippen molar-refractivity contribution in [2.45, 2.75) is 5.41 Å². The van der Waals surface area contributed by atoms with E-state index in [1.165, 1.54) is 5.56 Å². The first-order chi connectivity index (χ1) is 31.2. The third-order valence-corrected chi connectivity index (χ3v) is 12.9. The van der Waals surface area contributed by atoms with Gasteiger partial charge in [-0.3, -0.25) is 4.98 Å². The number of para-hydroxylation sites is 2. The van der Waals surface area contributed by atoms with Crippen LogP contribution >= 0.6 is 0 Å². The summed E-state index contributed by atoms with van der Waals surface area (Å²) in [7, 11) is 0. The molecule has 1 aliphatic carbocycles. The SMILES string of the molecule is c1ccc(-c2cc(-c3ccc(-c4cccnc4)cc3)nc(-c3ccc4c(c3)C3(c5ccccc5Oc5cc6c(cc53)oc3ccccc36)c3ccccc3-c3ccccc3-4)n2)cc1. The van der Waals surface area contributed by atoms with E-state index in [2.05, 4.69) is 181 Å². The van der Waals surface area contributed by atoms with Crippen molar-refractivity contribution in [3.63, 3.8) is 0 Å². The maximum absolute atomic E-state index is 6.99. The van der Waals surface area contributed by atoms with Crippen LogP contribution in [0, 0.1) is 0 Å². The van der Waals surface area contributed by atoms with E-state index in [4.69, 9.17) is 19.1 Å². The first-order valence-electron chi connectivity index (χ1n) is 21.2. The van der Waals surface area contributed by atoms with Gasteiger partial charge in [0.2, 0.25) is 0 Å². The van der Waals surface area contributed by atoms with Crippen LogP contribution < -0.4 is 4.74 Å². The molecule has 0 radical (unpaired) electrons. The van der Waals surface area contributed by atoms with Crippen molar-refractivity contribution in [2.75, 3.05) is 0 Å². The lowest BCUT2D eigenvalue weighted by molar-refractivity contribution is 0.435. The van der Waals surface area contributed by atoms with E-state index in [0.717, 1.165) is 112 Å². The fourth-order valence-electron chi connectivity index (χ4n) is 10.1. The average molecular weight is 806 g/mol. The van der Waals surface area contributed by atoms with Gasteiger partial charge in [0.05, 0.1) is 16.8 Å². The Labute approximate surface area is 363 Å². The van der Waals surface area contributed by atoms with Crippen LogP contribution in [0.1, 0.15) is 22.3 Å². The summed E-state index contributed by atoms with van der Waals surface area (Å²) in [5, 5.41) is 2.08. The Kier molecular flexibility index (Phi) is 7.75. The summed E-state index contributed by atoms with van der Waals surface area (Å²) in [5.74, 6) is 2.25. The van der Waals surface area contributed by atoms with Crippen molar-refractivity contribution in [1.29, 1.82) is 0 Å². The number of nitrogens with zero attached hydrogens (tertiary/aromatic N) is 3. The Hall–Kier alpha value is -8.41. The second-order valence-corrected chi connectivity index (χ2v) is 16.3. The molecule has 1 unspecified atom stereocenters. The number of pyridine rings is 1. The van der Waals surface area contributed by atoms with Crippen LogP contribution in [-0.2, 0) is 5.41 Å². The average Bonchev–Trinajstić information content (AvgIpc) is 3.68. The number of hydrogen-bond donors (Lipinski definition) is 0. The van der Waals surface area contributed by atoms with Gasteiger partial charge in [-0.05, 0) is 87.0 Å². The highest BCUT2D eigenvalue weighted by molar-refractivity contribution is 6.06. The topological polar surface area (TPSA) is 61.0 Å². The van der Waals surface area contributed by atoms with Crippen LogP contribution in [0.3, 0.4) is 0 Å². The van der Waals surface area contributed by atoms with Crippen LogP contribution in [0.5, 0.6) is 11.5 Å². The fourth-order valence-corrected chi connectivity index (χ4v) is 10.1. The second-order valence-electron chi connectivity index (χ2n) is 16.3. The van der Waals surface area contributed by atoms with Gasteiger partial charge in [-0.2, -0.15) is 0 Å². The monoisotopic (exact) mass is 805 g/mol. The Bertz CT molecular complexity index is 3600. The number of hydrogen-bond acceptors (Lipinski definition) is 5. The van der Waals surface area contributed by atoms with E-state index in [1.54, 1.807) is 6.20 Å². The quantitative estimate of drug-likeness (QED) is 0.177. The van der Waals surface area contributed by atoms with E-state index in [0.29, 0.717) is 5.82 Å². The number of aromatic nitrogens is 3. The normalized spacial score (nSPS) is 14.5. The molecular formula is C58H35N3O2. The lowest BCUT2D eigenvalue weighted by Gasteiger charge is -2.42. The van der Waals surface area contributed by atoms with Crippen LogP contribution in [0.25, 0.3) is 89.2 Å². The van der Waals surface area contributed by atoms with Crippen LogP contribution in [0.2, 0.25) is 0 Å². The molecular weight excluding hydrogens is 771 g/mol. The third kappa shape index (κ3) is 5.40. The van der Waals surface area contributed by atoms with Gasteiger partial charge in [0.15, 0.2) is 5.82 Å². The predicted octanol–water partition coefficient (Wildman–Crippen LogP) is 14.6. The van der Waals surface area contributed by atoms with Gasteiger partial charge in [-0.15, -0.1) is 0 Å². The van der Waals surface area contributed by atoms with Crippen LogP contribution in [0.4, 0.5) is 0 Å². The molecule has 1 spiro atoms. The lowest BCUT2D eigenvalue weighted by atomic mass is 9.62. The summed E-state index contributed by atoms with van der Waals surface area (Å²) in [5.41, 5.74) is 16.6. The largest absolute Gasteiger partial charge is 0.457 e. The molecule has 2 aliphatic rings. The van der Waals surface area contributed by atoms with Crippen LogP contribution in [0.15, 0.2) is 217 Å². The zero-order valence-electron chi connectivity index (χ0n) is 33.9. The molecule has 0 N–H and O–H groups in total. The van der Waals surface area contributed by atoms with Crippen molar-refractivity contribution < 1.29 is 9.15 Å². The molecule has 1 atom stereocenters. The van der Waals surface area contributed by atoms with E-state index in [-0.39, 0.29) is 0 Å². The zero-order valence-corrected chi connectivity index (χ0v) is 33.9. The summed E-state index contributed by atoms with van der Waals surface area (Å²) in [6.07, 6.45) is 3.69. The summed E-state index contributed by atoms with van der Waals surface area (Å²) >= 11 is 0. The minimum atomic E-state index is -0.847. The molecule has 294 valence electrons. The fraction of sp³-hybridized carbons (Fsp3) is 0.0172. The standard InChI is InChI=1S/C58H35N3O2/c1-2-13-37(14-3-1)51-34-52(38-26-24-36(25-27-38)40-15-12-30-59-35-40)61-57(60-51)39-28-29-44-42-17-5-4-16-41(42)43-18-6-8-20-47(43)58(49(44)31-39)48-21-9-11-23-54(48)63-56-32-46-45-19-7-10-22-53(45)62-55(46)33-50(56)58/h1-35H. The van der Waals surface area contributed by atoms with Gasteiger partial charge in [0.25, 0.3) is 0 Å². The molecule has 0 saturated carbocycles. The predicted molar refractivity (Wildman–Crippen MR) is 252 cm³/mol. The van der Waals surface area contributed by atoms with Crippen LogP contribution in [-0.4, -0.2) is 15.0 Å². The summed E-state index contributed by atoms with van der Waals surface area (Å²) in [6, 6.07) is 70.6. The maximum atomic E-state index is 6.99. The van der Waals surface area contributed by atoms with Gasteiger partial charge < -0.3 is 9.15 Å². The molecule has 0 bridgehead atoms. The molecule has 0 amide bonds. The zero-order chi connectivity index (χ0) is 41.5. The van der Waals surface area contributed by atoms with Gasteiger partial charge in [0.1, 0.15) is 22.7 Å². The highest BCUT2D eigenvalue weighted by atomic mass is 16.5. The summed E-state index contributed by atoms with van der Waals surface area (Å²) in [4.78, 5) is 15.1. The Morgan fingerprint density at radius 3 is 1.79 bits per heavy atom. The van der Waals surface area contributed by atoms with Crippen molar-refractivity contribution in [3.05, 3.63) is 235 Å². The minimum absolute atomic E-state index is 0.639. The number of benzene rings is 8. The summed E-state index contributed by atoms with van der Waals surface area (Å²) < 4.78 is 13.7. The molecule has 3 aromatic heterocycles. The highest BCUT2D eigenvalue weighted by Gasteiger charge is 2.49. The Morgan fingerprint density at radius 2 is 1.00 bits per heavy atom. The number of rotatable bonds is 4. The van der Waals surface area contributed by atoms with E-state index in [1.807, 2.05) is 30.5 Å². The molecule has 13 rings (SSSR count). The van der Waals surface area contributed by atoms with E-state index in [9.17, 15) is 0 Å². The van der Waals surface area contributed by atoms with Crippen molar-refractivity contribution in [1.82, 2.24) is 15.0 Å². The number of fused-ring (bicyclic) bond motifs is 14. The van der Waals surface area contributed by atoms with Crippen molar-refractivity contribution in [3.8, 4) is 78.8 Å².